The Kier molecular flexibility index (Phi) is 7.42. The van der Waals surface area contributed by atoms with Crippen LogP contribution in [0.15, 0.2) is 52.4 Å². The van der Waals surface area contributed by atoms with Crippen LogP contribution >= 0.6 is 22.6 Å². The highest BCUT2D eigenvalue weighted by molar-refractivity contribution is 14.1. The zero-order valence-corrected chi connectivity index (χ0v) is 13.9. The van der Waals surface area contributed by atoms with Crippen LogP contribution in [0.1, 0.15) is 32.1 Å². The Morgan fingerprint density at radius 3 is 2.32 bits per heavy atom. The highest BCUT2D eigenvalue weighted by atomic mass is 127. The van der Waals surface area contributed by atoms with E-state index in [0.717, 1.165) is 23.7 Å². The zero-order valence-electron chi connectivity index (χ0n) is 10.9. The largest absolute Gasteiger partial charge is 0.218 e. The van der Waals surface area contributed by atoms with Gasteiger partial charge in [-0.25, -0.2) is 8.42 Å². The number of unbranched alkanes of at least 4 members (excludes halogenated alkanes) is 3. The number of alkyl halides is 1. The van der Waals surface area contributed by atoms with Gasteiger partial charge in [0.05, 0.1) is 9.80 Å². The van der Waals surface area contributed by atoms with E-state index in [1.807, 2.05) is 0 Å². The average Bonchev–Trinajstić information content (AvgIpc) is 2.43. The van der Waals surface area contributed by atoms with E-state index in [-0.39, 0.29) is 0 Å². The fourth-order valence-electron chi connectivity index (χ4n) is 1.79. The van der Waals surface area contributed by atoms with Gasteiger partial charge < -0.3 is 0 Å². The first-order valence-electron chi connectivity index (χ1n) is 6.38. The summed E-state index contributed by atoms with van der Waals surface area (Å²) in [5, 5.41) is 0. The number of halogens is 1. The minimum Gasteiger partial charge on any atom is -0.218 e. The smallest absolute Gasteiger partial charge is 0.209 e. The number of sulfone groups is 1. The maximum atomic E-state index is 12.3. The summed E-state index contributed by atoms with van der Waals surface area (Å²) in [7, 11) is -3.40. The summed E-state index contributed by atoms with van der Waals surface area (Å²) in [5.41, 5.74) is 2.61. The van der Waals surface area contributed by atoms with E-state index in [9.17, 15) is 8.42 Å². The molecule has 0 N–H and O–H groups in total. The standard InChI is InChI=1S/C15H19IO2S/c1-2-14(10-6-3-4-9-13-16)19(17,18)15-11-7-5-8-12-15/h5,7-8,11-12H,1,3-4,6,9-10,13H2. The van der Waals surface area contributed by atoms with Crippen molar-refractivity contribution in [2.75, 3.05) is 4.43 Å². The van der Waals surface area contributed by atoms with Crippen molar-refractivity contribution in [1.29, 1.82) is 0 Å². The van der Waals surface area contributed by atoms with Gasteiger partial charge in [0.1, 0.15) is 0 Å². The van der Waals surface area contributed by atoms with Gasteiger partial charge in [-0.05, 0) is 35.8 Å². The van der Waals surface area contributed by atoms with E-state index in [4.69, 9.17) is 0 Å². The Balaban J connectivity index is 2.68. The monoisotopic (exact) mass is 390 g/mol. The second-order valence-corrected chi connectivity index (χ2v) is 7.32. The van der Waals surface area contributed by atoms with Gasteiger partial charge >= 0.3 is 0 Å². The van der Waals surface area contributed by atoms with Crippen LogP contribution in [0, 0.1) is 0 Å². The van der Waals surface area contributed by atoms with Gasteiger partial charge in [-0.1, -0.05) is 60.2 Å². The SMILES string of the molecule is C=C=C(CCCCCCI)S(=O)(=O)c1ccccc1. The van der Waals surface area contributed by atoms with E-state index in [0.29, 0.717) is 16.2 Å². The van der Waals surface area contributed by atoms with Crippen LogP contribution in [0.2, 0.25) is 0 Å². The second kappa shape index (κ2) is 8.56. The van der Waals surface area contributed by atoms with Crippen LogP contribution in [-0.4, -0.2) is 12.8 Å². The summed E-state index contributed by atoms with van der Waals surface area (Å²) >= 11 is 2.36. The van der Waals surface area contributed by atoms with Gasteiger partial charge in [0.15, 0.2) is 0 Å². The van der Waals surface area contributed by atoms with E-state index in [1.165, 1.54) is 6.42 Å². The van der Waals surface area contributed by atoms with Gasteiger partial charge in [0.2, 0.25) is 9.84 Å². The highest BCUT2D eigenvalue weighted by Gasteiger charge is 2.19. The van der Waals surface area contributed by atoms with Crippen molar-refractivity contribution in [3.05, 3.63) is 47.5 Å². The first-order chi connectivity index (χ1) is 9.12. The van der Waals surface area contributed by atoms with Crippen molar-refractivity contribution >= 4 is 32.4 Å². The van der Waals surface area contributed by atoms with Crippen molar-refractivity contribution in [3.63, 3.8) is 0 Å². The van der Waals surface area contributed by atoms with Gasteiger partial charge in [0, 0.05) is 0 Å². The molecule has 0 fully saturated rings. The molecule has 0 spiro atoms. The molecule has 0 aliphatic carbocycles. The van der Waals surface area contributed by atoms with Crippen LogP contribution in [0.4, 0.5) is 0 Å². The van der Waals surface area contributed by atoms with E-state index in [2.05, 4.69) is 34.9 Å². The quantitative estimate of drug-likeness (QED) is 0.283. The van der Waals surface area contributed by atoms with Crippen molar-refractivity contribution in [2.24, 2.45) is 0 Å². The Labute approximate surface area is 129 Å². The Morgan fingerprint density at radius 2 is 1.74 bits per heavy atom. The van der Waals surface area contributed by atoms with Crippen molar-refractivity contribution in [1.82, 2.24) is 0 Å². The molecule has 0 atom stereocenters. The van der Waals surface area contributed by atoms with Crippen LogP contribution < -0.4 is 0 Å². The van der Waals surface area contributed by atoms with Crippen LogP contribution in [0.25, 0.3) is 0 Å². The van der Waals surface area contributed by atoms with Gasteiger partial charge in [-0.15, -0.1) is 5.73 Å². The van der Waals surface area contributed by atoms with Crippen molar-refractivity contribution in [3.8, 4) is 0 Å². The molecular formula is C15H19IO2S. The lowest BCUT2D eigenvalue weighted by molar-refractivity contribution is 0.597. The average molecular weight is 390 g/mol. The van der Waals surface area contributed by atoms with Crippen LogP contribution in [-0.2, 0) is 9.84 Å². The molecule has 1 rings (SSSR count). The lowest BCUT2D eigenvalue weighted by atomic mass is 10.1. The van der Waals surface area contributed by atoms with Crippen molar-refractivity contribution in [2.45, 2.75) is 37.0 Å². The van der Waals surface area contributed by atoms with E-state index >= 15 is 0 Å². The molecule has 0 aliphatic heterocycles. The molecular weight excluding hydrogens is 371 g/mol. The third-order valence-electron chi connectivity index (χ3n) is 2.86. The summed E-state index contributed by atoms with van der Waals surface area (Å²) in [6.07, 6.45) is 4.80. The Bertz CT molecular complexity index is 529. The van der Waals surface area contributed by atoms with Gasteiger partial charge in [-0.3, -0.25) is 0 Å². The molecule has 0 bridgehead atoms. The zero-order chi connectivity index (χ0) is 14.1. The molecule has 0 unspecified atom stereocenters. The number of hydrogen-bond acceptors (Lipinski definition) is 2. The number of benzene rings is 1. The molecule has 0 saturated heterocycles. The fourth-order valence-corrected chi connectivity index (χ4v) is 3.74. The first kappa shape index (κ1) is 16.5. The van der Waals surface area contributed by atoms with E-state index in [1.54, 1.807) is 30.3 Å². The molecule has 0 aliphatic rings. The number of hydrogen-bond donors (Lipinski definition) is 0. The topological polar surface area (TPSA) is 34.1 Å². The minimum absolute atomic E-state index is 0.313. The molecule has 0 radical (unpaired) electrons. The minimum atomic E-state index is -3.40. The van der Waals surface area contributed by atoms with Gasteiger partial charge in [0.25, 0.3) is 0 Å². The Hall–Kier alpha value is -0.580. The van der Waals surface area contributed by atoms with Gasteiger partial charge in [-0.2, -0.15) is 0 Å². The molecule has 1 aromatic carbocycles. The maximum absolute atomic E-state index is 12.3. The molecule has 0 aromatic heterocycles. The fraction of sp³-hybridized carbons (Fsp3) is 0.400. The van der Waals surface area contributed by atoms with E-state index < -0.39 is 9.84 Å². The summed E-state index contributed by atoms with van der Waals surface area (Å²) in [5.74, 6) is 0. The molecule has 0 heterocycles. The predicted molar refractivity (Wildman–Crippen MR) is 88.3 cm³/mol. The lowest BCUT2D eigenvalue weighted by Crippen LogP contribution is -2.04. The summed E-state index contributed by atoms with van der Waals surface area (Å²) in [6.45, 7) is 3.53. The highest BCUT2D eigenvalue weighted by Crippen LogP contribution is 2.22. The first-order valence-corrected chi connectivity index (χ1v) is 9.39. The molecule has 2 nitrogen and oxygen atoms in total. The summed E-state index contributed by atoms with van der Waals surface area (Å²) in [6, 6.07) is 8.49. The van der Waals surface area contributed by atoms with Crippen LogP contribution in [0.3, 0.4) is 0 Å². The molecule has 1 aromatic rings. The maximum Gasteiger partial charge on any atom is 0.209 e. The number of rotatable bonds is 8. The van der Waals surface area contributed by atoms with Crippen molar-refractivity contribution < 1.29 is 8.42 Å². The molecule has 0 saturated carbocycles. The normalized spacial score (nSPS) is 11.0. The number of allylic oxidation sites excluding steroid dienone is 1. The third kappa shape index (κ3) is 5.13. The molecule has 4 heteroatoms. The summed E-state index contributed by atoms with van der Waals surface area (Å²) in [4.78, 5) is 0.640. The third-order valence-corrected chi connectivity index (χ3v) is 5.52. The summed E-state index contributed by atoms with van der Waals surface area (Å²) < 4.78 is 25.8. The second-order valence-electron chi connectivity index (χ2n) is 4.27. The molecule has 19 heavy (non-hydrogen) atoms. The lowest BCUT2D eigenvalue weighted by Gasteiger charge is -2.07. The molecule has 104 valence electrons. The van der Waals surface area contributed by atoms with Crippen LogP contribution in [0.5, 0.6) is 0 Å². The predicted octanol–water partition coefficient (Wildman–Crippen LogP) is 4.51. The Morgan fingerprint density at radius 1 is 1.11 bits per heavy atom. The molecule has 0 amide bonds.